The van der Waals surface area contributed by atoms with Gasteiger partial charge in [-0.1, -0.05) is 96.6 Å². The van der Waals surface area contributed by atoms with Gasteiger partial charge in [-0.2, -0.15) is 0 Å². The average molecular weight is 552 g/mol. The number of fused-ring (bicyclic) bond motifs is 1. The molecule has 41 heavy (non-hydrogen) atoms. The van der Waals surface area contributed by atoms with Crippen molar-refractivity contribution in [2.45, 2.75) is 32.7 Å². The third kappa shape index (κ3) is 6.02. The van der Waals surface area contributed by atoms with Crippen LogP contribution in [0, 0.1) is 6.92 Å². The fourth-order valence-corrected chi connectivity index (χ4v) is 10.5. The molecule has 2 heteroatoms. The van der Waals surface area contributed by atoms with Gasteiger partial charge in [0.2, 0.25) is 0 Å². The fourth-order valence-electron chi connectivity index (χ4n) is 6.07. The lowest BCUT2D eigenvalue weighted by Gasteiger charge is -2.27. The van der Waals surface area contributed by atoms with Gasteiger partial charge in [0.05, 0.1) is 6.16 Å². The molecule has 6 rings (SSSR count). The van der Waals surface area contributed by atoms with Crippen molar-refractivity contribution in [1.29, 1.82) is 0 Å². The zero-order valence-electron chi connectivity index (χ0n) is 23.9. The first kappa shape index (κ1) is 27.1. The van der Waals surface area contributed by atoms with Crippen LogP contribution in [0.25, 0.3) is 11.6 Å². The van der Waals surface area contributed by atoms with Crippen molar-refractivity contribution in [2.24, 2.45) is 0 Å². The summed E-state index contributed by atoms with van der Waals surface area (Å²) in [6.45, 7) is 3.20. The normalized spacial score (nSPS) is 12.9. The third-order valence-corrected chi connectivity index (χ3v) is 12.8. The summed E-state index contributed by atoms with van der Waals surface area (Å²) in [6.07, 6.45) is 15.8. The van der Waals surface area contributed by atoms with Gasteiger partial charge in [-0.15, -0.1) is 0 Å². The molecule has 0 atom stereocenters. The van der Waals surface area contributed by atoms with Crippen molar-refractivity contribution in [2.75, 3.05) is 6.16 Å². The van der Waals surface area contributed by atoms with Crippen LogP contribution < -0.4 is 20.5 Å². The van der Waals surface area contributed by atoms with Crippen LogP contribution in [0.3, 0.4) is 0 Å². The summed E-state index contributed by atoms with van der Waals surface area (Å²) >= 11 is 0. The number of pyridine rings is 1. The van der Waals surface area contributed by atoms with Crippen LogP contribution in [-0.2, 0) is 13.0 Å². The molecule has 0 bridgehead atoms. The predicted molar refractivity (Wildman–Crippen MR) is 178 cm³/mol. The van der Waals surface area contributed by atoms with Gasteiger partial charge in [-0.05, 0) is 78.4 Å². The molecule has 202 valence electrons. The van der Waals surface area contributed by atoms with E-state index in [2.05, 4.69) is 163 Å². The lowest BCUT2D eigenvalue weighted by molar-refractivity contribution is -0.697. The SMILES string of the molecule is Cc1ccc2c(c1)C(/C=C/c1cc[n+](CCCC[P+](c3ccccc3)(c3ccccc3)c3ccccc3)cc1)=CC2. The Morgan fingerprint density at radius 3 is 1.83 bits per heavy atom. The molecular formula is C39H38NP+2. The molecule has 0 aliphatic heterocycles. The number of allylic oxidation sites excluding steroid dienone is 3. The molecule has 5 aromatic rings. The molecule has 0 N–H and O–H groups in total. The molecule has 4 aromatic carbocycles. The number of benzene rings is 4. The highest BCUT2D eigenvalue weighted by molar-refractivity contribution is 7.95. The second-order valence-corrected chi connectivity index (χ2v) is 14.6. The van der Waals surface area contributed by atoms with Gasteiger partial charge >= 0.3 is 0 Å². The lowest BCUT2D eigenvalue weighted by Crippen LogP contribution is -2.35. The Bertz CT molecular complexity index is 1540. The first-order valence-corrected chi connectivity index (χ1v) is 16.7. The first-order valence-electron chi connectivity index (χ1n) is 14.7. The summed E-state index contributed by atoms with van der Waals surface area (Å²) in [5.74, 6) is 0. The summed E-state index contributed by atoms with van der Waals surface area (Å²) in [4.78, 5) is 0. The smallest absolute Gasteiger partial charge is 0.169 e. The topological polar surface area (TPSA) is 3.88 Å². The molecule has 0 radical (unpaired) electrons. The van der Waals surface area contributed by atoms with E-state index in [1.165, 1.54) is 56.3 Å². The highest BCUT2D eigenvalue weighted by Crippen LogP contribution is 2.55. The average Bonchev–Trinajstić information content (AvgIpc) is 3.44. The van der Waals surface area contributed by atoms with Crippen LogP contribution in [-0.4, -0.2) is 6.16 Å². The summed E-state index contributed by atoms with van der Waals surface area (Å²) in [5, 5.41) is 4.41. The zero-order valence-corrected chi connectivity index (χ0v) is 24.8. The van der Waals surface area contributed by atoms with E-state index in [1.807, 2.05) is 0 Å². The second-order valence-electron chi connectivity index (χ2n) is 11.0. The minimum absolute atomic E-state index is 1.03. The van der Waals surface area contributed by atoms with Crippen molar-refractivity contribution < 1.29 is 4.57 Å². The monoisotopic (exact) mass is 551 g/mol. The minimum atomic E-state index is -1.75. The van der Waals surface area contributed by atoms with Crippen molar-refractivity contribution in [3.8, 4) is 0 Å². The van der Waals surface area contributed by atoms with Gasteiger partial charge in [-0.25, -0.2) is 4.57 Å². The molecule has 1 aliphatic carbocycles. The van der Waals surface area contributed by atoms with Crippen LogP contribution in [0.5, 0.6) is 0 Å². The maximum Gasteiger partial charge on any atom is 0.169 e. The number of unbranched alkanes of at least 4 members (excludes halogenated alkanes) is 1. The number of aromatic nitrogens is 1. The van der Waals surface area contributed by atoms with Crippen molar-refractivity contribution in [3.05, 3.63) is 168 Å². The van der Waals surface area contributed by atoms with Gasteiger partial charge in [0.25, 0.3) is 0 Å². The molecule has 0 saturated carbocycles. The summed E-state index contributed by atoms with van der Waals surface area (Å²) in [5.41, 5.74) is 6.71. The third-order valence-electron chi connectivity index (χ3n) is 8.24. The Kier molecular flexibility index (Phi) is 8.36. The number of nitrogens with zero attached hydrogens (tertiary/aromatic N) is 1. The molecule has 0 saturated heterocycles. The van der Waals surface area contributed by atoms with Gasteiger partial charge in [0, 0.05) is 18.6 Å². The molecule has 1 nitrogen and oxygen atoms in total. The van der Waals surface area contributed by atoms with Crippen molar-refractivity contribution >= 4 is 34.8 Å². The molecule has 1 aromatic heterocycles. The molecule has 0 spiro atoms. The van der Waals surface area contributed by atoms with E-state index in [9.17, 15) is 0 Å². The van der Waals surface area contributed by atoms with E-state index in [1.54, 1.807) is 0 Å². The summed E-state index contributed by atoms with van der Waals surface area (Å²) in [7, 11) is -1.75. The highest BCUT2D eigenvalue weighted by Gasteiger charge is 2.44. The largest absolute Gasteiger partial charge is 0.205 e. The van der Waals surface area contributed by atoms with Gasteiger partial charge in [0.15, 0.2) is 12.4 Å². The fraction of sp³-hybridized carbons (Fsp3) is 0.154. The van der Waals surface area contributed by atoms with E-state index in [-0.39, 0.29) is 0 Å². The Morgan fingerprint density at radius 1 is 0.659 bits per heavy atom. The second kappa shape index (κ2) is 12.6. The van der Waals surface area contributed by atoms with E-state index in [4.69, 9.17) is 0 Å². The highest BCUT2D eigenvalue weighted by atomic mass is 31.2. The van der Waals surface area contributed by atoms with Crippen LogP contribution in [0.15, 0.2) is 146 Å². The lowest BCUT2D eigenvalue weighted by atomic mass is 10.0. The van der Waals surface area contributed by atoms with Gasteiger partial charge in [0.1, 0.15) is 29.7 Å². The van der Waals surface area contributed by atoms with E-state index < -0.39 is 7.26 Å². The van der Waals surface area contributed by atoms with E-state index >= 15 is 0 Å². The Labute approximate surface area is 245 Å². The van der Waals surface area contributed by atoms with Crippen molar-refractivity contribution in [3.63, 3.8) is 0 Å². The Hall–Kier alpha value is -4.06. The molecule has 1 aliphatic rings. The maximum absolute atomic E-state index is 2.34. The number of hydrogen-bond acceptors (Lipinski definition) is 0. The van der Waals surface area contributed by atoms with Gasteiger partial charge in [-0.3, -0.25) is 0 Å². The van der Waals surface area contributed by atoms with Crippen LogP contribution in [0.1, 0.15) is 35.1 Å². The Morgan fingerprint density at radius 2 is 1.24 bits per heavy atom. The number of hydrogen-bond donors (Lipinski definition) is 0. The minimum Gasteiger partial charge on any atom is -0.205 e. The van der Waals surface area contributed by atoms with Crippen LogP contribution in [0.4, 0.5) is 0 Å². The molecule has 0 amide bonds. The first-order chi connectivity index (χ1) is 20.2. The molecule has 1 heterocycles. The maximum atomic E-state index is 2.34. The predicted octanol–water partition coefficient (Wildman–Crippen LogP) is 7.71. The number of rotatable bonds is 10. The van der Waals surface area contributed by atoms with Crippen LogP contribution in [0.2, 0.25) is 0 Å². The number of aryl methyl sites for hydroxylation is 2. The molecular weight excluding hydrogens is 513 g/mol. The van der Waals surface area contributed by atoms with E-state index in [0.29, 0.717) is 0 Å². The zero-order chi connectivity index (χ0) is 27.9. The van der Waals surface area contributed by atoms with Crippen LogP contribution >= 0.6 is 7.26 Å². The molecule has 0 fully saturated rings. The quantitative estimate of drug-likeness (QED) is 0.0951. The van der Waals surface area contributed by atoms with E-state index in [0.717, 1.165) is 19.4 Å². The molecule has 0 unspecified atom stereocenters. The van der Waals surface area contributed by atoms with Crippen molar-refractivity contribution in [1.82, 2.24) is 0 Å². The summed E-state index contributed by atoms with van der Waals surface area (Å²) < 4.78 is 2.33. The standard InChI is InChI=1S/C39H38NP/c1-32-19-21-34-23-24-35(39(34)31-32)22-20-33-25-28-40(29-26-33)27-11-12-30-41(36-13-5-2-6-14-36,37-15-7-3-8-16-37)38-17-9-4-10-18-38/h2-10,13-22,24-26,28-29,31H,11-12,23,27,30H2,1H3/q+2/b22-20+. The van der Waals surface area contributed by atoms with Gasteiger partial charge < -0.3 is 0 Å². The summed E-state index contributed by atoms with van der Waals surface area (Å²) in [6, 6.07) is 44.9. The Balaban J connectivity index is 1.14.